The molecule has 1 radical (unpaired) electrons. The molecule has 4 aromatic heterocycles. The van der Waals surface area contributed by atoms with Crippen molar-refractivity contribution in [1.82, 2.24) is 15.0 Å². The molecule has 6 heteroatoms. The van der Waals surface area contributed by atoms with Crippen LogP contribution in [0.2, 0.25) is 19.6 Å². The fourth-order valence-corrected chi connectivity index (χ4v) is 7.36. The Morgan fingerprint density at radius 2 is 1.79 bits per heavy atom. The van der Waals surface area contributed by atoms with E-state index >= 15 is 0 Å². The van der Waals surface area contributed by atoms with E-state index in [-0.39, 0.29) is 43.3 Å². The van der Waals surface area contributed by atoms with Gasteiger partial charge in [0.1, 0.15) is 0 Å². The smallest absolute Gasteiger partial charge is 0.216 e. The average molecular weight is 823 g/mol. The molecule has 0 unspecified atom stereocenters. The summed E-state index contributed by atoms with van der Waals surface area (Å²) in [6.45, 7) is 8.25. The first-order valence-electron chi connectivity index (χ1n) is 19.6. The van der Waals surface area contributed by atoms with E-state index < -0.39 is 27.7 Å². The molecule has 245 valence electrons. The van der Waals surface area contributed by atoms with E-state index in [9.17, 15) is 0 Å². The Kier molecular flexibility index (Phi) is 8.57. The predicted molar refractivity (Wildman–Crippen MR) is 194 cm³/mol. The molecular weight excluding hydrogens is 771 g/mol. The van der Waals surface area contributed by atoms with E-state index in [2.05, 4.69) is 46.7 Å². The van der Waals surface area contributed by atoms with E-state index in [1.165, 1.54) is 6.07 Å². The summed E-state index contributed by atoms with van der Waals surface area (Å²) in [7, 11) is -1.67. The minimum Gasteiger partial charge on any atom is -0.486 e. The van der Waals surface area contributed by atoms with Crippen molar-refractivity contribution in [3.05, 3.63) is 108 Å². The molecule has 4 nitrogen and oxygen atoms in total. The summed E-state index contributed by atoms with van der Waals surface area (Å²) in [4.78, 5) is 13.2. The van der Waals surface area contributed by atoms with E-state index in [0.29, 0.717) is 22.4 Å². The first-order valence-corrected chi connectivity index (χ1v) is 19.6. The summed E-state index contributed by atoms with van der Waals surface area (Å²) >= 11 is 0. The second-order valence-electron chi connectivity index (χ2n) is 13.2. The van der Waals surface area contributed by atoms with Crippen LogP contribution in [0, 0.1) is 30.8 Å². The largest absolute Gasteiger partial charge is 0.486 e. The van der Waals surface area contributed by atoms with Gasteiger partial charge in [0.25, 0.3) is 0 Å². The number of hydrogen-bond donors (Lipinski definition) is 0. The number of hydrogen-bond acceptors (Lipinski definition) is 4. The zero-order chi connectivity index (χ0) is 38.3. The summed E-state index contributed by atoms with van der Waals surface area (Å²) in [5.41, 5.74) is 5.02. The Morgan fingerprint density at radius 1 is 0.957 bits per heavy atom. The Hall–Kier alpha value is -3.44. The first-order chi connectivity index (χ1) is 24.9. The normalized spacial score (nSPS) is 16.6. The maximum atomic E-state index is 8.70. The number of benzene rings is 2. The van der Waals surface area contributed by atoms with Gasteiger partial charge in [-0.2, -0.15) is 0 Å². The summed E-state index contributed by atoms with van der Waals surface area (Å²) in [5, 5.41) is 2.61. The number of aromatic nitrogens is 3. The monoisotopic (exact) mass is 823 g/mol. The van der Waals surface area contributed by atoms with Crippen LogP contribution in [0.3, 0.4) is 0 Å². The van der Waals surface area contributed by atoms with Crippen LogP contribution in [-0.4, -0.2) is 23.0 Å². The Balaban J connectivity index is 0.000000217. The fourth-order valence-electron chi connectivity index (χ4n) is 5.96. The molecule has 0 atom stereocenters. The summed E-state index contributed by atoms with van der Waals surface area (Å²) in [6, 6.07) is 26.3. The minimum atomic E-state index is -2.32. The van der Waals surface area contributed by atoms with Gasteiger partial charge in [-0.05, 0) is 66.2 Å². The molecule has 4 heterocycles. The third-order valence-corrected chi connectivity index (χ3v) is 10.2. The molecule has 0 bridgehead atoms. The summed E-state index contributed by atoms with van der Waals surface area (Å²) < 4.78 is 63.2. The van der Waals surface area contributed by atoms with E-state index in [1.54, 1.807) is 30.5 Å². The topological polar surface area (TPSA) is 51.8 Å². The molecule has 0 amide bonds. The SMILES string of the molecule is [2H]C([2H])([2H])c1ccc2c(n1)oc1c(-c3cc(C([2H])([2H])C4CCCC4)ccn3)[c-]ccc12.[2H]C([2H])(c1cc(-c2[c-]cccc2)ncc1[Si](C)(C)C)C(C)C.[Ir]. The standard InChI is InChI=1S/C23H21N2O.C18H24NSi.Ir/c1-15-9-10-19-18-7-4-8-20(22(18)26-23(19)25-15)21-14-17(11-12-24-21)13-16-5-2-3-6-16;1-14(2)11-16-12-17(15-9-7-6-8-10-15)19-13-18(16)20(3,4)5;/h4,7,9-12,14,16H,2-3,5-6,13H2,1H3;6-9,12-14H,11H2,1-5H3;/q2*-1;/i1D3,13D2;11D2;. The zero-order valence-corrected chi connectivity index (χ0v) is 31.0. The fraction of sp³-hybridized carbons (Fsp3) is 0.341. The van der Waals surface area contributed by atoms with Crippen molar-refractivity contribution in [2.24, 2.45) is 11.8 Å². The Labute approximate surface area is 304 Å². The molecule has 1 aliphatic carbocycles. The summed E-state index contributed by atoms with van der Waals surface area (Å²) in [6.07, 6.45) is 4.66. The van der Waals surface area contributed by atoms with E-state index in [1.807, 2.05) is 56.4 Å². The van der Waals surface area contributed by atoms with Crippen LogP contribution in [-0.2, 0) is 32.9 Å². The van der Waals surface area contributed by atoms with Gasteiger partial charge in [0.05, 0.1) is 13.7 Å². The molecule has 0 N–H and O–H groups in total. The third kappa shape index (κ3) is 8.35. The van der Waals surface area contributed by atoms with E-state index in [0.717, 1.165) is 58.5 Å². The quantitative estimate of drug-likeness (QED) is 0.119. The first kappa shape index (κ1) is 26.5. The Morgan fingerprint density at radius 3 is 2.51 bits per heavy atom. The number of furan rings is 1. The van der Waals surface area contributed by atoms with Crippen molar-refractivity contribution in [2.45, 2.75) is 78.8 Å². The van der Waals surface area contributed by atoms with Gasteiger partial charge >= 0.3 is 0 Å². The number of aryl methyl sites for hydroxylation is 1. The van der Waals surface area contributed by atoms with Gasteiger partial charge in [-0.25, -0.2) is 4.98 Å². The van der Waals surface area contributed by atoms with Gasteiger partial charge in [0.2, 0.25) is 5.71 Å². The van der Waals surface area contributed by atoms with Crippen LogP contribution in [0.15, 0.2) is 83.5 Å². The maximum Gasteiger partial charge on any atom is 0.216 e. The molecule has 1 aliphatic rings. The van der Waals surface area contributed by atoms with Crippen molar-refractivity contribution >= 4 is 35.3 Å². The molecule has 1 saturated carbocycles. The Bertz CT molecular complexity index is 2230. The molecular formula is C41H45IrN3OSi-2. The van der Waals surface area contributed by atoms with Crippen molar-refractivity contribution in [3.8, 4) is 22.5 Å². The second-order valence-corrected chi connectivity index (χ2v) is 18.3. The number of rotatable bonds is 7. The number of pyridine rings is 3. The van der Waals surface area contributed by atoms with Crippen LogP contribution in [0.1, 0.15) is 65.9 Å². The van der Waals surface area contributed by atoms with Crippen LogP contribution in [0.5, 0.6) is 0 Å². The van der Waals surface area contributed by atoms with Crippen LogP contribution in [0.25, 0.3) is 44.6 Å². The third-order valence-electron chi connectivity index (χ3n) is 8.18. The molecule has 47 heavy (non-hydrogen) atoms. The molecule has 0 aliphatic heterocycles. The average Bonchev–Trinajstić information content (AvgIpc) is 3.80. The molecule has 2 aromatic carbocycles. The van der Waals surface area contributed by atoms with Crippen LogP contribution >= 0.6 is 0 Å². The molecule has 1 fully saturated rings. The molecule has 6 aromatic rings. The number of fused-ring (bicyclic) bond motifs is 3. The maximum absolute atomic E-state index is 8.70. The molecule has 0 saturated heterocycles. The molecule has 7 rings (SSSR count). The van der Waals surface area contributed by atoms with Gasteiger partial charge in [-0.3, -0.25) is 0 Å². The van der Waals surface area contributed by atoms with Crippen LogP contribution in [0.4, 0.5) is 0 Å². The predicted octanol–water partition coefficient (Wildman–Crippen LogP) is 10.2. The van der Waals surface area contributed by atoms with Crippen molar-refractivity contribution in [1.29, 1.82) is 0 Å². The summed E-state index contributed by atoms with van der Waals surface area (Å²) in [5.74, 6) is -0.0752. The minimum absolute atomic E-state index is 0. The van der Waals surface area contributed by atoms with Gasteiger partial charge < -0.3 is 14.4 Å². The van der Waals surface area contributed by atoms with Gasteiger partial charge in [-0.1, -0.05) is 93.4 Å². The van der Waals surface area contributed by atoms with Crippen molar-refractivity contribution in [3.63, 3.8) is 0 Å². The van der Waals surface area contributed by atoms with Gasteiger partial charge in [0.15, 0.2) is 0 Å². The van der Waals surface area contributed by atoms with Crippen molar-refractivity contribution in [2.75, 3.05) is 0 Å². The van der Waals surface area contributed by atoms with Crippen LogP contribution < -0.4 is 5.19 Å². The number of nitrogens with zero attached hydrogens (tertiary/aromatic N) is 3. The second kappa shape index (κ2) is 15.2. The van der Waals surface area contributed by atoms with E-state index in [4.69, 9.17) is 14.0 Å². The van der Waals surface area contributed by atoms with Crippen molar-refractivity contribution < 1.29 is 34.1 Å². The zero-order valence-electron chi connectivity index (χ0n) is 34.6. The van der Waals surface area contributed by atoms with Gasteiger partial charge in [0, 0.05) is 53.2 Å². The molecule has 0 spiro atoms. The van der Waals surface area contributed by atoms with Gasteiger partial charge in [-0.15, -0.1) is 54.1 Å².